The van der Waals surface area contributed by atoms with Gasteiger partial charge in [-0.1, -0.05) is 48.5 Å². The molecule has 0 aliphatic carbocycles. The molecule has 2 amide bonds. The van der Waals surface area contributed by atoms with Crippen molar-refractivity contribution in [3.05, 3.63) is 71.8 Å². The van der Waals surface area contributed by atoms with E-state index in [4.69, 9.17) is 9.47 Å². The fraction of sp³-hybridized carbons (Fsp3) is 0.250. The van der Waals surface area contributed by atoms with Crippen LogP contribution in [0, 0.1) is 0 Å². The van der Waals surface area contributed by atoms with Crippen LogP contribution in [0.1, 0.15) is 11.1 Å². The number of carbonyl (C=O) groups is 2. The molecule has 3 rings (SSSR count). The van der Waals surface area contributed by atoms with Gasteiger partial charge in [-0.15, -0.1) is 0 Å². The molecule has 0 aliphatic rings. The molecule has 0 atom stereocenters. The minimum Gasteiger partial charge on any atom is -0.493 e. The Morgan fingerprint density at radius 2 is 1.60 bits per heavy atom. The zero-order valence-corrected chi connectivity index (χ0v) is 17.2. The molecular weight excluding hydrogens is 380 g/mol. The topological polar surface area (TPSA) is 76.7 Å². The average Bonchev–Trinajstić information content (AvgIpc) is 2.78. The van der Waals surface area contributed by atoms with Crippen molar-refractivity contribution in [2.45, 2.75) is 12.8 Å². The number of ether oxygens (including phenoxy) is 2. The Morgan fingerprint density at radius 1 is 0.833 bits per heavy atom. The molecular formula is C24H26N2O4. The number of benzene rings is 3. The highest BCUT2D eigenvalue weighted by Gasteiger charge is 2.09. The zero-order valence-electron chi connectivity index (χ0n) is 17.2. The zero-order chi connectivity index (χ0) is 21.3. The number of nitrogens with one attached hydrogen (secondary N) is 2. The Bertz CT molecular complexity index is 1030. The number of methoxy groups -OCH3 is 2. The van der Waals surface area contributed by atoms with Gasteiger partial charge in [-0.3, -0.25) is 9.59 Å². The molecule has 6 nitrogen and oxygen atoms in total. The van der Waals surface area contributed by atoms with E-state index in [0.29, 0.717) is 24.5 Å². The fourth-order valence-corrected chi connectivity index (χ4v) is 3.31. The van der Waals surface area contributed by atoms with E-state index in [1.807, 2.05) is 60.7 Å². The standard InChI is InChI=1S/C24H26N2O4/c1-29-21-11-10-17(14-22(21)30-2)12-13-25-24(28)16-26-23(27)15-19-8-5-7-18-6-3-4-9-20(18)19/h3-11,14H,12-13,15-16H2,1-2H3,(H,25,28)(H,26,27). The van der Waals surface area contributed by atoms with Gasteiger partial charge in [0.05, 0.1) is 27.2 Å². The summed E-state index contributed by atoms with van der Waals surface area (Å²) < 4.78 is 10.5. The third-order valence-electron chi connectivity index (χ3n) is 4.86. The summed E-state index contributed by atoms with van der Waals surface area (Å²) in [6, 6.07) is 19.5. The number of hydrogen-bond donors (Lipinski definition) is 2. The fourth-order valence-electron chi connectivity index (χ4n) is 3.31. The first-order chi connectivity index (χ1) is 14.6. The van der Waals surface area contributed by atoms with E-state index in [0.717, 1.165) is 21.9 Å². The van der Waals surface area contributed by atoms with Crippen LogP contribution < -0.4 is 20.1 Å². The lowest BCUT2D eigenvalue weighted by Gasteiger charge is -2.11. The van der Waals surface area contributed by atoms with Crippen LogP contribution in [0.25, 0.3) is 10.8 Å². The maximum absolute atomic E-state index is 12.3. The Labute approximate surface area is 176 Å². The molecule has 30 heavy (non-hydrogen) atoms. The van der Waals surface area contributed by atoms with Gasteiger partial charge in [0, 0.05) is 6.54 Å². The van der Waals surface area contributed by atoms with Gasteiger partial charge in [0.25, 0.3) is 0 Å². The SMILES string of the molecule is COc1ccc(CCNC(=O)CNC(=O)Cc2cccc3ccccc23)cc1OC. The second-order valence-electron chi connectivity index (χ2n) is 6.88. The summed E-state index contributed by atoms with van der Waals surface area (Å²) in [5.74, 6) is 0.921. The number of fused-ring (bicyclic) bond motifs is 1. The first kappa shape index (κ1) is 21.2. The summed E-state index contributed by atoms with van der Waals surface area (Å²) in [7, 11) is 3.18. The highest BCUT2D eigenvalue weighted by molar-refractivity contribution is 5.91. The van der Waals surface area contributed by atoms with Gasteiger partial charge in [-0.05, 0) is 40.5 Å². The smallest absolute Gasteiger partial charge is 0.239 e. The summed E-state index contributed by atoms with van der Waals surface area (Å²) in [4.78, 5) is 24.3. The molecule has 0 aromatic heterocycles. The van der Waals surface area contributed by atoms with Gasteiger partial charge in [0.1, 0.15) is 0 Å². The lowest BCUT2D eigenvalue weighted by Crippen LogP contribution is -2.38. The number of rotatable bonds is 9. The van der Waals surface area contributed by atoms with Gasteiger partial charge >= 0.3 is 0 Å². The van der Waals surface area contributed by atoms with Crippen molar-refractivity contribution in [1.82, 2.24) is 10.6 Å². The molecule has 0 heterocycles. The number of amides is 2. The predicted octanol–water partition coefficient (Wildman–Crippen LogP) is 2.87. The van der Waals surface area contributed by atoms with Crippen LogP contribution in [-0.2, 0) is 22.4 Å². The first-order valence-corrected chi connectivity index (χ1v) is 9.81. The lowest BCUT2D eigenvalue weighted by atomic mass is 10.0. The Morgan fingerprint density at radius 3 is 2.40 bits per heavy atom. The molecule has 6 heteroatoms. The molecule has 0 saturated heterocycles. The first-order valence-electron chi connectivity index (χ1n) is 9.81. The van der Waals surface area contributed by atoms with Crippen molar-refractivity contribution >= 4 is 22.6 Å². The van der Waals surface area contributed by atoms with Crippen LogP contribution in [0.3, 0.4) is 0 Å². The van der Waals surface area contributed by atoms with Crippen molar-refractivity contribution in [2.75, 3.05) is 27.3 Å². The molecule has 0 unspecified atom stereocenters. The normalized spacial score (nSPS) is 10.5. The maximum Gasteiger partial charge on any atom is 0.239 e. The van der Waals surface area contributed by atoms with E-state index >= 15 is 0 Å². The molecule has 3 aromatic carbocycles. The molecule has 156 valence electrons. The molecule has 0 radical (unpaired) electrons. The second-order valence-corrected chi connectivity index (χ2v) is 6.88. The molecule has 2 N–H and O–H groups in total. The van der Waals surface area contributed by atoms with Crippen molar-refractivity contribution in [3.8, 4) is 11.5 Å². The lowest BCUT2D eigenvalue weighted by molar-refractivity contribution is -0.125. The van der Waals surface area contributed by atoms with Crippen LogP contribution in [0.5, 0.6) is 11.5 Å². The van der Waals surface area contributed by atoms with E-state index in [2.05, 4.69) is 10.6 Å². The van der Waals surface area contributed by atoms with E-state index in [-0.39, 0.29) is 24.8 Å². The summed E-state index contributed by atoms with van der Waals surface area (Å²) in [5.41, 5.74) is 1.97. The molecule has 0 spiro atoms. The Hall–Kier alpha value is -3.54. The maximum atomic E-state index is 12.3. The minimum absolute atomic E-state index is 0.0461. The van der Waals surface area contributed by atoms with Gasteiger partial charge in [0.2, 0.25) is 11.8 Å². The van der Waals surface area contributed by atoms with Gasteiger partial charge in [0.15, 0.2) is 11.5 Å². The van der Waals surface area contributed by atoms with Gasteiger partial charge in [-0.25, -0.2) is 0 Å². The molecule has 0 saturated carbocycles. The molecule has 0 fully saturated rings. The average molecular weight is 406 g/mol. The van der Waals surface area contributed by atoms with E-state index in [9.17, 15) is 9.59 Å². The van der Waals surface area contributed by atoms with E-state index in [1.54, 1.807) is 14.2 Å². The van der Waals surface area contributed by atoms with Crippen LogP contribution in [0.4, 0.5) is 0 Å². The largest absolute Gasteiger partial charge is 0.493 e. The predicted molar refractivity (Wildman–Crippen MR) is 117 cm³/mol. The quantitative estimate of drug-likeness (QED) is 0.573. The summed E-state index contributed by atoms with van der Waals surface area (Å²) >= 11 is 0. The molecule has 0 aliphatic heterocycles. The third-order valence-corrected chi connectivity index (χ3v) is 4.86. The monoisotopic (exact) mass is 406 g/mol. The van der Waals surface area contributed by atoms with Crippen molar-refractivity contribution in [1.29, 1.82) is 0 Å². The van der Waals surface area contributed by atoms with Crippen molar-refractivity contribution in [2.24, 2.45) is 0 Å². The summed E-state index contributed by atoms with van der Waals surface area (Å²) in [6.45, 7) is 0.420. The number of carbonyl (C=O) groups excluding carboxylic acids is 2. The number of hydrogen-bond acceptors (Lipinski definition) is 4. The Kier molecular flexibility index (Phi) is 7.27. The van der Waals surface area contributed by atoms with Gasteiger partial charge in [-0.2, -0.15) is 0 Å². The van der Waals surface area contributed by atoms with Crippen LogP contribution >= 0.6 is 0 Å². The van der Waals surface area contributed by atoms with Crippen LogP contribution in [-0.4, -0.2) is 39.1 Å². The van der Waals surface area contributed by atoms with Crippen LogP contribution in [0.15, 0.2) is 60.7 Å². The van der Waals surface area contributed by atoms with Gasteiger partial charge < -0.3 is 20.1 Å². The summed E-state index contributed by atoms with van der Waals surface area (Å²) in [5, 5.41) is 7.65. The highest BCUT2D eigenvalue weighted by atomic mass is 16.5. The van der Waals surface area contributed by atoms with E-state index < -0.39 is 0 Å². The molecule has 0 bridgehead atoms. The molecule has 3 aromatic rings. The minimum atomic E-state index is -0.221. The van der Waals surface area contributed by atoms with E-state index in [1.165, 1.54) is 0 Å². The Balaban J connectivity index is 1.44. The highest BCUT2D eigenvalue weighted by Crippen LogP contribution is 2.27. The second kappa shape index (κ2) is 10.3. The third kappa shape index (κ3) is 5.50. The van der Waals surface area contributed by atoms with Crippen molar-refractivity contribution < 1.29 is 19.1 Å². The van der Waals surface area contributed by atoms with Crippen LogP contribution in [0.2, 0.25) is 0 Å². The summed E-state index contributed by atoms with van der Waals surface area (Å²) in [6.07, 6.45) is 0.885. The van der Waals surface area contributed by atoms with Crippen molar-refractivity contribution in [3.63, 3.8) is 0 Å².